The van der Waals surface area contributed by atoms with E-state index in [9.17, 15) is 14.9 Å². The molecule has 0 heterocycles. The van der Waals surface area contributed by atoms with Crippen LogP contribution in [0.25, 0.3) is 6.08 Å². The van der Waals surface area contributed by atoms with Crippen molar-refractivity contribution in [3.63, 3.8) is 0 Å². The fourth-order valence-electron chi connectivity index (χ4n) is 2.32. The lowest BCUT2D eigenvalue weighted by atomic mass is 10.1. The zero-order chi connectivity index (χ0) is 20.7. The molecular weight excluding hydrogens is 428 g/mol. The fourth-order valence-corrected chi connectivity index (χ4v) is 2.89. The van der Waals surface area contributed by atoms with Crippen LogP contribution in [0.15, 0.2) is 46.4 Å². The fraction of sp³-hybridized carbons (Fsp3) is 0.150. The number of carbonyl (C=O) groups is 2. The van der Waals surface area contributed by atoms with Crippen molar-refractivity contribution in [1.82, 2.24) is 0 Å². The summed E-state index contributed by atoms with van der Waals surface area (Å²) in [4.78, 5) is 23.2. The van der Waals surface area contributed by atoms with Crippen molar-refractivity contribution in [1.29, 1.82) is 5.26 Å². The zero-order valence-electron chi connectivity index (χ0n) is 15.2. The molecular formula is C20H17BrN2O5. The van der Waals surface area contributed by atoms with E-state index in [1.54, 1.807) is 24.3 Å². The summed E-state index contributed by atoms with van der Waals surface area (Å²) in [6, 6.07) is 12.3. The Morgan fingerprint density at radius 1 is 1.32 bits per heavy atom. The molecule has 0 aliphatic heterocycles. The molecule has 0 saturated heterocycles. The molecule has 144 valence electrons. The van der Waals surface area contributed by atoms with Gasteiger partial charge >= 0.3 is 5.97 Å². The predicted octanol–water partition coefficient (Wildman–Crippen LogP) is 3.78. The summed E-state index contributed by atoms with van der Waals surface area (Å²) >= 11 is 3.29. The topological polar surface area (TPSA) is 109 Å². The van der Waals surface area contributed by atoms with Gasteiger partial charge in [-0.1, -0.05) is 18.2 Å². The van der Waals surface area contributed by atoms with Crippen LogP contribution in [0.4, 0.5) is 5.69 Å². The SMILES string of the molecule is COc1cc(/C=C(/C#N)C(=O)Nc2ccccc2C)cc(Br)c1OCC(=O)O. The molecule has 0 bridgehead atoms. The minimum atomic E-state index is -1.13. The molecule has 0 fully saturated rings. The first-order valence-corrected chi connectivity index (χ1v) is 8.86. The second kappa shape index (κ2) is 9.58. The van der Waals surface area contributed by atoms with Crippen molar-refractivity contribution in [2.75, 3.05) is 19.0 Å². The van der Waals surface area contributed by atoms with Gasteiger partial charge in [0.05, 0.1) is 11.6 Å². The maximum atomic E-state index is 12.4. The zero-order valence-corrected chi connectivity index (χ0v) is 16.7. The number of aliphatic carboxylic acids is 1. The number of para-hydroxylation sites is 1. The number of nitrogens with zero attached hydrogens (tertiary/aromatic N) is 1. The van der Waals surface area contributed by atoms with Crippen LogP contribution >= 0.6 is 15.9 Å². The normalized spacial score (nSPS) is 10.7. The monoisotopic (exact) mass is 444 g/mol. The number of halogens is 1. The summed E-state index contributed by atoms with van der Waals surface area (Å²) in [5, 5.41) is 20.9. The summed E-state index contributed by atoms with van der Waals surface area (Å²) in [7, 11) is 1.40. The standard InChI is InChI=1S/C20H17BrN2O5/c1-12-5-3-4-6-16(12)23-20(26)14(10-22)7-13-8-15(21)19(17(9-13)27-2)28-11-18(24)25/h3-9H,11H2,1-2H3,(H,23,26)(H,24,25)/b14-7-. The Kier molecular flexibility index (Phi) is 7.18. The van der Waals surface area contributed by atoms with Gasteiger partial charge in [-0.3, -0.25) is 4.79 Å². The number of anilines is 1. The lowest BCUT2D eigenvalue weighted by molar-refractivity contribution is -0.139. The molecule has 0 aliphatic carbocycles. The van der Waals surface area contributed by atoms with Gasteiger partial charge in [0.1, 0.15) is 11.6 Å². The summed E-state index contributed by atoms with van der Waals surface area (Å²) in [6.45, 7) is 1.32. The van der Waals surface area contributed by atoms with Crippen LogP contribution in [0.5, 0.6) is 11.5 Å². The van der Waals surface area contributed by atoms with E-state index in [4.69, 9.17) is 14.6 Å². The lowest BCUT2D eigenvalue weighted by Gasteiger charge is -2.12. The minimum Gasteiger partial charge on any atom is -0.493 e. The number of carboxylic acids is 1. The Bertz CT molecular complexity index is 979. The van der Waals surface area contributed by atoms with Crippen molar-refractivity contribution in [3.05, 3.63) is 57.6 Å². The van der Waals surface area contributed by atoms with Crippen LogP contribution in [0.1, 0.15) is 11.1 Å². The van der Waals surface area contributed by atoms with E-state index >= 15 is 0 Å². The number of ether oxygens (including phenoxy) is 2. The highest BCUT2D eigenvalue weighted by atomic mass is 79.9. The summed E-state index contributed by atoms with van der Waals surface area (Å²) in [5.41, 5.74) is 1.89. The highest BCUT2D eigenvalue weighted by Crippen LogP contribution is 2.37. The van der Waals surface area contributed by atoms with Crippen molar-refractivity contribution in [2.45, 2.75) is 6.92 Å². The van der Waals surface area contributed by atoms with E-state index in [1.807, 2.05) is 25.1 Å². The Hall–Kier alpha value is -3.31. The first kappa shape index (κ1) is 21.0. The number of rotatable bonds is 7. The van der Waals surface area contributed by atoms with Gasteiger partial charge in [0, 0.05) is 5.69 Å². The van der Waals surface area contributed by atoms with Crippen LogP contribution in [-0.4, -0.2) is 30.7 Å². The molecule has 2 rings (SSSR count). The third-order valence-corrected chi connectivity index (χ3v) is 4.25. The number of nitriles is 1. The largest absolute Gasteiger partial charge is 0.493 e. The third kappa shape index (κ3) is 5.34. The van der Waals surface area contributed by atoms with Crippen LogP contribution in [-0.2, 0) is 9.59 Å². The number of nitrogens with one attached hydrogen (secondary N) is 1. The number of aryl methyl sites for hydroxylation is 1. The van der Waals surface area contributed by atoms with E-state index in [-0.39, 0.29) is 17.1 Å². The van der Waals surface area contributed by atoms with Crippen LogP contribution in [0, 0.1) is 18.3 Å². The number of hydrogen-bond donors (Lipinski definition) is 2. The molecule has 2 N–H and O–H groups in total. The number of carbonyl (C=O) groups excluding carboxylic acids is 1. The van der Waals surface area contributed by atoms with E-state index in [1.165, 1.54) is 13.2 Å². The molecule has 28 heavy (non-hydrogen) atoms. The smallest absolute Gasteiger partial charge is 0.341 e. The van der Waals surface area contributed by atoms with Crippen LogP contribution in [0.3, 0.4) is 0 Å². The molecule has 2 aromatic rings. The third-order valence-electron chi connectivity index (χ3n) is 3.66. The maximum Gasteiger partial charge on any atom is 0.341 e. The van der Waals surface area contributed by atoms with Gasteiger partial charge in [-0.15, -0.1) is 0 Å². The first-order valence-electron chi connectivity index (χ1n) is 8.06. The summed E-state index contributed by atoms with van der Waals surface area (Å²) in [5.74, 6) is -1.20. The second-order valence-corrected chi connectivity index (χ2v) is 6.51. The van der Waals surface area contributed by atoms with E-state index < -0.39 is 18.5 Å². The predicted molar refractivity (Wildman–Crippen MR) is 107 cm³/mol. The second-order valence-electron chi connectivity index (χ2n) is 5.66. The minimum absolute atomic E-state index is 0.101. The number of carboxylic acid groups (broad SMARTS) is 1. The van der Waals surface area contributed by atoms with E-state index in [0.717, 1.165) is 5.56 Å². The molecule has 2 aromatic carbocycles. The van der Waals surface area contributed by atoms with E-state index in [2.05, 4.69) is 21.2 Å². The Labute approximate surface area is 170 Å². The van der Waals surface area contributed by atoms with Crippen molar-refractivity contribution in [2.24, 2.45) is 0 Å². The summed E-state index contributed by atoms with van der Waals surface area (Å²) < 4.78 is 10.9. The maximum absolute atomic E-state index is 12.4. The van der Waals surface area contributed by atoms with Crippen LogP contribution < -0.4 is 14.8 Å². The molecule has 0 aromatic heterocycles. The average Bonchev–Trinajstić information content (AvgIpc) is 2.66. The van der Waals surface area contributed by atoms with Crippen molar-refractivity contribution < 1.29 is 24.2 Å². The van der Waals surface area contributed by atoms with Crippen LogP contribution in [0.2, 0.25) is 0 Å². The highest BCUT2D eigenvalue weighted by Gasteiger charge is 2.15. The first-order chi connectivity index (χ1) is 13.3. The van der Waals surface area contributed by atoms with Gasteiger partial charge in [-0.25, -0.2) is 4.79 Å². The van der Waals surface area contributed by atoms with Gasteiger partial charge in [0.25, 0.3) is 5.91 Å². The van der Waals surface area contributed by atoms with Gasteiger partial charge < -0.3 is 19.9 Å². The van der Waals surface area contributed by atoms with Gasteiger partial charge in [0.15, 0.2) is 18.1 Å². The molecule has 0 saturated carbocycles. The Balaban J connectivity index is 2.32. The number of benzene rings is 2. The number of methoxy groups -OCH3 is 1. The van der Waals surface area contributed by atoms with Crippen molar-refractivity contribution in [3.8, 4) is 17.6 Å². The molecule has 8 heteroatoms. The molecule has 0 unspecified atom stereocenters. The van der Waals surface area contributed by atoms with E-state index in [0.29, 0.717) is 15.7 Å². The van der Waals surface area contributed by atoms with Gasteiger partial charge in [-0.2, -0.15) is 5.26 Å². The number of amides is 1. The Morgan fingerprint density at radius 3 is 2.64 bits per heavy atom. The molecule has 1 amide bonds. The highest BCUT2D eigenvalue weighted by molar-refractivity contribution is 9.10. The molecule has 0 radical (unpaired) electrons. The lowest BCUT2D eigenvalue weighted by Crippen LogP contribution is -2.14. The van der Waals surface area contributed by atoms with Crippen molar-refractivity contribution >= 4 is 39.6 Å². The average molecular weight is 445 g/mol. The molecule has 0 spiro atoms. The number of hydrogen-bond acceptors (Lipinski definition) is 5. The quantitative estimate of drug-likeness (QED) is 0.496. The van der Waals surface area contributed by atoms with Gasteiger partial charge in [-0.05, 0) is 58.3 Å². The molecule has 0 aliphatic rings. The van der Waals surface area contributed by atoms with Gasteiger partial charge in [0.2, 0.25) is 0 Å². The molecule has 7 nitrogen and oxygen atoms in total. The molecule has 0 atom stereocenters. The Morgan fingerprint density at radius 2 is 2.04 bits per heavy atom. The summed E-state index contributed by atoms with van der Waals surface area (Å²) in [6.07, 6.45) is 1.40.